The van der Waals surface area contributed by atoms with Crippen LogP contribution in [0, 0.1) is 16.7 Å². The van der Waals surface area contributed by atoms with E-state index in [0.717, 1.165) is 6.07 Å². The molecule has 0 aliphatic carbocycles. The molecule has 0 aliphatic rings. The number of allylic oxidation sites excluding steroid dienone is 2. The van der Waals surface area contributed by atoms with E-state index in [1.807, 2.05) is 0 Å². The molecule has 0 aromatic heterocycles. The van der Waals surface area contributed by atoms with Crippen molar-refractivity contribution >= 4 is 22.7 Å². The van der Waals surface area contributed by atoms with E-state index in [1.54, 1.807) is 0 Å². The molecule has 0 saturated heterocycles. The first kappa shape index (κ1) is 17.8. The van der Waals surface area contributed by atoms with E-state index in [2.05, 4.69) is 10.4 Å². The first-order chi connectivity index (χ1) is 11.8. The minimum absolute atomic E-state index is 0.110. The van der Waals surface area contributed by atoms with Crippen LogP contribution in [0.5, 0.6) is 11.5 Å². The number of phenolic OH excluding ortho intramolecular Hbond substituents is 2. The van der Waals surface area contributed by atoms with Crippen molar-refractivity contribution in [2.24, 2.45) is 10.4 Å². The Kier molecular flexibility index (Phi) is 4.92. The Morgan fingerprint density at radius 2 is 1.64 bits per heavy atom. The molecule has 2 rings (SSSR count). The second-order valence-corrected chi connectivity index (χ2v) is 5.35. The summed E-state index contributed by atoms with van der Waals surface area (Å²) >= 11 is 0. The number of ketones is 1. The molecule has 0 radical (unpaired) electrons. The van der Waals surface area contributed by atoms with Crippen LogP contribution in [-0.4, -0.2) is 21.1 Å². The van der Waals surface area contributed by atoms with Crippen LogP contribution >= 0.6 is 0 Å². The van der Waals surface area contributed by atoms with Gasteiger partial charge in [0.05, 0.1) is 5.56 Å². The van der Waals surface area contributed by atoms with Crippen molar-refractivity contribution in [2.45, 2.75) is 13.8 Å². The van der Waals surface area contributed by atoms with E-state index in [1.165, 1.54) is 38.1 Å². The fourth-order valence-corrected chi connectivity index (χ4v) is 2.37. The number of nitrogens with zero attached hydrogens (tertiary/aromatic N) is 2. The third kappa shape index (κ3) is 3.37. The molecule has 0 atom stereocenters. The number of aliphatic hydroxyl groups excluding tert-OH is 1. The van der Waals surface area contributed by atoms with Gasteiger partial charge in [0.2, 0.25) is 5.78 Å². The zero-order chi connectivity index (χ0) is 18.7. The van der Waals surface area contributed by atoms with Gasteiger partial charge >= 0.3 is 0 Å². The summed E-state index contributed by atoms with van der Waals surface area (Å²) in [6.45, 7) is 2.91. The third-order valence-electron chi connectivity index (χ3n) is 3.70. The van der Waals surface area contributed by atoms with E-state index < -0.39 is 11.5 Å². The van der Waals surface area contributed by atoms with E-state index in [9.17, 15) is 29.9 Å². The van der Waals surface area contributed by atoms with Crippen molar-refractivity contribution in [1.82, 2.24) is 0 Å². The van der Waals surface area contributed by atoms with Crippen molar-refractivity contribution in [2.75, 3.05) is 0 Å². The number of aryl methyl sites for hydroxylation is 1. The molecule has 0 fully saturated rings. The first-order valence-electron chi connectivity index (χ1n) is 7.08. The molecule has 0 amide bonds. The molecule has 8 heteroatoms. The maximum atomic E-state index is 12.6. The lowest BCUT2D eigenvalue weighted by Gasteiger charge is -2.10. The van der Waals surface area contributed by atoms with Gasteiger partial charge in [-0.3, -0.25) is 4.79 Å². The van der Waals surface area contributed by atoms with Crippen LogP contribution in [0.4, 0.5) is 11.4 Å². The second-order valence-electron chi connectivity index (χ2n) is 5.35. The average molecular weight is 342 g/mol. The largest absolute Gasteiger partial charge is 0.508 e. The van der Waals surface area contributed by atoms with Crippen molar-refractivity contribution in [1.29, 1.82) is 0 Å². The molecular weight excluding hydrogens is 328 g/mol. The van der Waals surface area contributed by atoms with Gasteiger partial charge in [0.15, 0.2) is 5.76 Å². The molecule has 0 aliphatic heterocycles. The fraction of sp³-hybridized carbons (Fsp3) is 0.118. The van der Waals surface area contributed by atoms with Gasteiger partial charge in [-0.1, -0.05) is 6.07 Å². The maximum absolute atomic E-state index is 12.6. The summed E-state index contributed by atoms with van der Waals surface area (Å²) in [5.41, 5.74) is -0.0254. The summed E-state index contributed by atoms with van der Waals surface area (Å²) in [7, 11) is 0. The highest BCUT2D eigenvalue weighted by Crippen LogP contribution is 2.33. The quantitative estimate of drug-likeness (QED) is 0.319. The molecule has 0 saturated carbocycles. The smallest absolute Gasteiger partial charge is 0.230 e. The molecule has 3 N–H and O–H groups in total. The number of hydrogen-bond donors (Lipinski definition) is 3. The number of hydrogen-bond acceptors (Lipinski definition) is 8. The number of aromatic hydroxyl groups is 2. The lowest BCUT2D eigenvalue weighted by Crippen LogP contribution is -2.07. The number of carbonyl (C=O) groups is 1. The van der Waals surface area contributed by atoms with E-state index in [-0.39, 0.29) is 45.1 Å². The molecule has 25 heavy (non-hydrogen) atoms. The highest BCUT2D eigenvalue weighted by Gasteiger charge is 2.22. The van der Waals surface area contributed by atoms with Crippen LogP contribution in [-0.2, 0) is 0 Å². The van der Waals surface area contributed by atoms with Gasteiger partial charge < -0.3 is 15.3 Å². The van der Waals surface area contributed by atoms with Crippen molar-refractivity contribution in [3.8, 4) is 11.5 Å². The van der Waals surface area contributed by atoms with Gasteiger partial charge in [0, 0.05) is 11.6 Å². The minimum Gasteiger partial charge on any atom is -0.508 e. The van der Waals surface area contributed by atoms with Gasteiger partial charge in [0.1, 0.15) is 22.9 Å². The Hall–Kier alpha value is -3.55. The van der Waals surface area contributed by atoms with Crippen LogP contribution in [0.1, 0.15) is 28.4 Å². The summed E-state index contributed by atoms with van der Waals surface area (Å²) < 4.78 is 0. The molecule has 0 bridgehead atoms. The summed E-state index contributed by atoms with van der Waals surface area (Å²) in [5.74, 6) is -2.09. The normalized spacial score (nSPS) is 11.6. The molecule has 0 unspecified atom stereocenters. The van der Waals surface area contributed by atoms with Crippen molar-refractivity contribution in [3.63, 3.8) is 0 Å². The Morgan fingerprint density at radius 3 is 2.24 bits per heavy atom. The van der Waals surface area contributed by atoms with Crippen LogP contribution in [0.25, 0.3) is 5.57 Å². The zero-order valence-corrected chi connectivity index (χ0v) is 13.3. The Bertz CT molecular complexity index is 918. The van der Waals surface area contributed by atoms with Gasteiger partial charge in [-0.15, -0.1) is 9.81 Å². The molecule has 128 valence electrons. The maximum Gasteiger partial charge on any atom is 0.230 e. The van der Waals surface area contributed by atoms with Crippen molar-refractivity contribution < 1.29 is 20.1 Å². The van der Waals surface area contributed by atoms with Crippen LogP contribution in [0.15, 0.2) is 46.4 Å². The number of benzene rings is 2. The lowest BCUT2D eigenvalue weighted by molar-refractivity contribution is 0.0979. The van der Waals surface area contributed by atoms with E-state index in [0.29, 0.717) is 0 Å². The molecule has 0 heterocycles. The van der Waals surface area contributed by atoms with E-state index in [4.69, 9.17) is 0 Å². The van der Waals surface area contributed by atoms with Crippen molar-refractivity contribution in [3.05, 3.63) is 62.6 Å². The monoisotopic (exact) mass is 342 g/mol. The second kappa shape index (κ2) is 6.91. The Labute approximate surface area is 142 Å². The molecule has 2 aromatic carbocycles. The molecule has 2 aromatic rings. The summed E-state index contributed by atoms with van der Waals surface area (Å²) in [6.07, 6.45) is 0. The highest BCUT2D eigenvalue weighted by atomic mass is 16.3. The number of phenols is 2. The molecule has 0 spiro atoms. The van der Waals surface area contributed by atoms with E-state index >= 15 is 0 Å². The number of carbonyl (C=O) groups excluding carboxylic acids is 1. The van der Waals surface area contributed by atoms with Gasteiger partial charge in [-0.2, -0.15) is 0 Å². The SMILES string of the molecule is C/C(=C(/O)C(=O)c1c(C)cc(O)cc1N=O)c1ccc(O)c(N=O)c1. The third-order valence-corrected chi connectivity index (χ3v) is 3.70. The number of aliphatic hydroxyl groups is 1. The average Bonchev–Trinajstić information content (AvgIpc) is 2.59. The Morgan fingerprint density at radius 1 is 1.00 bits per heavy atom. The molecular formula is C17H14N2O6. The number of nitroso groups, excluding NO2 is 2. The summed E-state index contributed by atoms with van der Waals surface area (Å²) in [4.78, 5) is 34.2. The number of rotatable bonds is 5. The lowest BCUT2D eigenvalue weighted by atomic mass is 9.96. The summed E-state index contributed by atoms with van der Waals surface area (Å²) in [6, 6.07) is 6.09. The first-order valence-corrected chi connectivity index (χ1v) is 7.08. The fourth-order valence-electron chi connectivity index (χ4n) is 2.37. The van der Waals surface area contributed by atoms with Gasteiger partial charge in [-0.25, -0.2) is 0 Å². The highest BCUT2D eigenvalue weighted by molar-refractivity contribution is 6.14. The van der Waals surface area contributed by atoms with Gasteiger partial charge in [-0.05, 0) is 53.5 Å². The topological polar surface area (TPSA) is 137 Å². The Balaban J connectivity index is 2.58. The predicted octanol–water partition coefficient (Wildman–Crippen LogP) is 4.37. The zero-order valence-electron chi connectivity index (χ0n) is 13.3. The standard InChI is InChI=1S/C17H14N2O6/c1-8-5-11(20)7-13(19-25)15(8)17(23)16(22)9(2)10-3-4-14(21)12(6-10)18-24/h3-7,20-22H,1-2H3/b16-9-. The van der Waals surface area contributed by atoms with Crippen LogP contribution < -0.4 is 0 Å². The van der Waals surface area contributed by atoms with Gasteiger partial charge in [0.25, 0.3) is 0 Å². The predicted molar refractivity (Wildman–Crippen MR) is 91.4 cm³/mol. The minimum atomic E-state index is -0.863. The number of Topliss-reactive ketones (excluding diaryl/α,β-unsaturated/α-hetero) is 1. The van der Waals surface area contributed by atoms with Crippen LogP contribution in [0.2, 0.25) is 0 Å². The summed E-state index contributed by atoms with van der Waals surface area (Å²) in [5, 5.41) is 34.6. The van der Waals surface area contributed by atoms with Crippen LogP contribution in [0.3, 0.4) is 0 Å². The molecule has 8 nitrogen and oxygen atoms in total.